The van der Waals surface area contributed by atoms with Crippen molar-refractivity contribution in [3.8, 4) is 17.2 Å². The maximum absolute atomic E-state index is 10.0. The van der Waals surface area contributed by atoms with Gasteiger partial charge in [0.2, 0.25) is 5.75 Å². The third-order valence-corrected chi connectivity index (χ3v) is 4.31. The van der Waals surface area contributed by atoms with Crippen LogP contribution in [0.4, 0.5) is 0 Å². The molecule has 27 heavy (non-hydrogen) atoms. The minimum Gasteiger partial charge on any atom is -0.502 e. The molecule has 0 aromatic heterocycles. The molecule has 0 aliphatic rings. The third-order valence-electron chi connectivity index (χ3n) is 4.31. The van der Waals surface area contributed by atoms with E-state index in [9.17, 15) is 5.11 Å². The predicted molar refractivity (Wildman–Crippen MR) is 109 cm³/mol. The summed E-state index contributed by atoms with van der Waals surface area (Å²) in [4.78, 5) is 4.66. The molecule has 1 unspecified atom stereocenters. The molecule has 3 N–H and O–H groups in total. The molecule has 0 heterocycles. The summed E-state index contributed by atoms with van der Waals surface area (Å²) in [6.45, 7) is 7.42. The summed E-state index contributed by atoms with van der Waals surface area (Å²) in [5.74, 6) is 1.45. The second-order valence-electron chi connectivity index (χ2n) is 6.27. The van der Waals surface area contributed by atoms with Crippen molar-refractivity contribution >= 4 is 5.96 Å². The van der Waals surface area contributed by atoms with E-state index in [2.05, 4.69) is 41.6 Å². The van der Waals surface area contributed by atoms with E-state index in [1.807, 2.05) is 19.1 Å². The maximum atomic E-state index is 10.0. The molecule has 146 valence electrons. The lowest BCUT2D eigenvalue weighted by atomic mass is 10.0. The molecule has 2 aromatic rings. The van der Waals surface area contributed by atoms with E-state index in [1.54, 1.807) is 12.1 Å². The van der Waals surface area contributed by atoms with Crippen LogP contribution in [0, 0.1) is 6.92 Å². The minimum atomic E-state index is -0.00839. The van der Waals surface area contributed by atoms with E-state index < -0.39 is 0 Å². The van der Waals surface area contributed by atoms with Gasteiger partial charge >= 0.3 is 0 Å². The number of hydrogen-bond donors (Lipinski definition) is 3. The number of phenolic OH excluding ortho intramolecular Hbond substituents is 1. The smallest absolute Gasteiger partial charge is 0.200 e. The van der Waals surface area contributed by atoms with Crippen LogP contribution in [0.3, 0.4) is 0 Å². The predicted octanol–water partition coefficient (Wildman–Crippen LogP) is 3.53. The van der Waals surface area contributed by atoms with Gasteiger partial charge < -0.3 is 25.2 Å². The summed E-state index contributed by atoms with van der Waals surface area (Å²) in [7, 11) is 3.02. The molecular formula is C21H29N3O3. The molecule has 0 bridgehead atoms. The van der Waals surface area contributed by atoms with Gasteiger partial charge in [0.1, 0.15) is 0 Å². The molecule has 0 aliphatic carbocycles. The first kappa shape index (κ1) is 20.4. The largest absolute Gasteiger partial charge is 0.502 e. The average molecular weight is 371 g/mol. The lowest BCUT2D eigenvalue weighted by Crippen LogP contribution is -2.38. The van der Waals surface area contributed by atoms with Crippen molar-refractivity contribution in [2.24, 2.45) is 4.99 Å². The van der Waals surface area contributed by atoms with Gasteiger partial charge in [0.25, 0.3) is 0 Å². The molecule has 0 fully saturated rings. The van der Waals surface area contributed by atoms with E-state index >= 15 is 0 Å². The lowest BCUT2D eigenvalue weighted by molar-refractivity contribution is 0.339. The topological polar surface area (TPSA) is 75.1 Å². The zero-order valence-electron chi connectivity index (χ0n) is 16.7. The number of aryl methyl sites for hydroxylation is 1. The fourth-order valence-electron chi connectivity index (χ4n) is 2.88. The molecule has 6 nitrogen and oxygen atoms in total. The van der Waals surface area contributed by atoms with Gasteiger partial charge in [-0.2, -0.15) is 0 Å². The van der Waals surface area contributed by atoms with Crippen molar-refractivity contribution in [2.75, 3.05) is 20.8 Å². The van der Waals surface area contributed by atoms with Crippen LogP contribution in [0.25, 0.3) is 0 Å². The first-order valence-electron chi connectivity index (χ1n) is 9.04. The fraction of sp³-hybridized carbons (Fsp3) is 0.381. The van der Waals surface area contributed by atoms with Gasteiger partial charge in [-0.3, -0.25) is 0 Å². The Morgan fingerprint density at radius 3 is 2.33 bits per heavy atom. The monoisotopic (exact) mass is 371 g/mol. The van der Waals surface area contributed by atoms with E-state index in [-0.39, 0.29) is 11.8 Å². The van der Waals surface area contributed by atoms with E-state index in [0.29, 0.717) is 18.0 Å². The molecule has 0 aliphatic heterocycles. The molecule has 1 atom stereocenters. The SMILES string of the molecule is CCNC(=NCc1cc(OC)c(O)c(OC)c1)NC(C)c1ccccc1C. The van der Waals surface area contributed by atoms with E-state index in [0.717, 1.165) is 18.1 Å². The zero-order chi connectivity index (χ0) is 19.8. The summed E-state index contributed by atoms with van der Waals surface area (Å²) in [5, 5.41) is 16.7. The Labute approximate surface area is 161 Å². The number of guanidine groups is 1. The fourth-order valence-corrected chi connectivity index (χ4v) is 2.88. The molecule has 2 aromatic carbocycles. The van der Waals surface area contributed by atoms with Gasteiger partial charge in [-0.05, 0) is 49.6 Å². The van der Waals surface area contributed by atoms with Gasteiger partial charge in [0.05, 0.1) is 26.8 Å². The summed E-state index contributed by atoms with van der Waals surface area (Å²) >= 11 is 0. The molecule has 0 spiro atoms. The molecule has 6 heteroatoms. The number of benzene rings is 2. The average Bonchev–Trinajstić information content (AvgIpc) is 2.67. The highest BCUT2D eigenvalue weighted by atomic mass is 16.5. The second kappa shape index (κ2) is 9.71. The van der Waals surface area contributed by atoms with Gasteiger partial charge in [-0.1, -0.05) is 24.3 Å². The Bertz CT molecular complexity index is 765. The van der Waals surface area contributed by atoms with Gasteiger partial charge in [-0.15, -0.1) is 0 Å². The molecule has 0 saturated heterocycles. The Hall–Kier alpha value is -2.89. The van der Waals surface area contributed by atoms with Crippen LogP contribution in [0.15, 0.2) is 41.4 Å². The van der Waals surface area contributed by atoms with Crippen molar-refractivity contribution in [3.63, 3.8) is 0 Å². The highest BCUT2D eigenvalue weighted by molar-refractivity contribution is 5.80. The number of nitrogens with one attached hydrogen (secondary N) is 2. The van der Waals surface area contributed by atoms with Crippen LogP contribution >= 0.6 is 0 Å². The number of ether oxygens (including phenoxy) is 2. The van der Waals surface area contributed by atoms with Gasteiger partial charge in [-0.25, -0.2) is 4.99 Å². The van der Waals surface area contributed by atoms with Crippen LogP contribution in [0.5, 0.6) is 17.2 Å². The zero-order valence-corrected chi connectivity index (χ0v) is 16.7. The highest BCUT2D eigenvalue weighted by Gasteiger charge is 2.12. The Morgan fingerprint density at radius 1 is 1.15 bits per heavy atom. The maximum Gasteiger partial charge on any atom is 0.200 e. The van der Waals surface area contributed by atoms with Crippen molar-refractivity contribution in [2.45, 2.75) is 33.4 Å². The Morgan fingerprint density at radius 2 is 1.78 bits per heavy atom. The van der Waals surface area contributed by atoms with E-state index in [1.165, 1.54) is 25.3 Å². The number of phenols is 1. The number of nitrogens with zero attached hydrogens (tertiary/aromatic N) is 1. The molecule has 0 saturated carbocycles. The van der Waals surface area contributed by atoms with Gasteiger partial charge in [0, 0.05) is 6.54 Å². The molecular weight excluding hydrogens is 342 g/mol. The second-order valence-corrected chi connectivity index (χ2v) is 6.27. The normalized spacial score (nSPS) is 12.4. The van der Waals surface area contributed by atoms with Crippen LogP contribution in [-0.4, -0.2) is 31.8 Å². The standard InChI is InChI=1S/C21H29N3O3/c1-6-22-21(24-15(3)17-10-8-7-9-14(17)2)23-13-16-11-18(26-4)20(25)19(12-16)27-5/h7-12,15,25H,6,13H2,1-5H3,(H2,22,23,24). The number of methoxy groups -OCH3 is 2. The number of rotatable bonds is 7. The summed E-state index contributed by atoms with van der Waals surface area (Å²) < 4.78 is 10.4. The van der Waals surface area contributed by atoms with Crippen molar-refractivity contribution < 1.29 is 14.6 Å². The summed E-state index contributed by atoms with van der Waals surface area (Å²) in [6.07, 6.45) is 0. The van der Waals surface area contributed by atoms with Crippen molar-refractivity contribution in [1.82, 2.24) is 10.6 Å². The molecule has 2 rings (SSSR count). The quantitative estimate of drug-likeness (QED) is 0.513. The lowest BCUT2D eigenvalue weighted by Gasteiger charge is -2.20. The summed E-state index contributed by atoms with van der Waals surface area (Å²) in [6, 6.07) is 11.9. The Balaban J connectivity index is 2.19. The number of hydrogen-bond acceptors (Lipinski definition) is 4. The first-order valence-corrected chi connectivity index (χ1v) is 9.04. The third kappa shape index (κ3) is 5.29. The Kier molecular flexibility index (Phi) is 7.34. The molecule has 0 amide bonds. The van der Waals surface area contributed by atoms with Crippen molar-refractivity contribution in [1.29, 1.82) is 0 Å². The molecule has 0 radical (unpaired) electrons. The number of aliphatic imine (C=N–C) groups is 1. The van der Waals surface area contributed by atoms with Crippen LogP contribution < -0.4 is 20.1 Å². The van der Waals surface area contributed by atoms with Gasteiger partial charge in [0.15, 0.2) is 17.5 Å². The minimum absolute atomic E-state index is 0.00839. The van der Waals surface area contributed by atoms with Crippen LogP contribution in [-0.2, 0) is 6.54 Å². The summed E-state index contributed by atoms with van der Waals surface area (Å²) in [5.41, 5.74) is 3.35. The highest BCUT2D eigenvalue weighted by Crippen LogP contribution is 2.37. The first-order chi connectivity index (χ1) is 13.0. The van der Waals surface area contributed by atoms with E-state index in [4.69, 9.17) is 9.47 Å². The van der Waals surface area contributed by atoms with Crippen LogP contribution in [0.2, 0.25) is 0 Å². The van der Waals surface area contributed by atoms with Crippen molar-refractivity contribution in [3.05, 3.63) is 53.1 Å². The number of aromatic hydroxyl groups is 1. The van der Waals surface area contributed by atoms with Crippen LogP contribution in [0.1, 0.15) is 36.6 Å².